The molecule has 18 heavy (non-hydrogen) atoms. The number of aryl methyl sites for hydroxylation is 2. The third-order valence-electron chi connectivity index (χ3n) is 3.23. The van der Waals surface area contributed by atoms with Crippen LogP contribution in [-0.2, 0) is 6.42 Å². The van der Waals surface area contributed by atoms with E-state index in [0.29, 0.717) is 11.3 Å². The van der Waals surface area contributed by atoms with Crippen molar-refractivity contribution in [3.63, 3.8) is 0 Å². The molecule has 1 amide bonds. The molecule has 1 aromatic rings. The Morgan fingerprint density at radius 1 is 1.39 bits per heavy atom. The third-order valence-corrected chi connectivity index (χ3v) is 4.61. The summed E-state index contributed by atoms with van der Waals surface area (Å²) in [5.41, 5.74) is 0.184. The molecule has 3 N–H and O–H groups in total. The summed E-state index contributed by atoms with van der Waals surface area (Å²) in [5.74, 6) is -0.229. The summed E-state index contributed by atoms with van der Waals surface area (Å²) >= 11 is 1.46. The van der Waals surface area contributed by atoms with Gasteiger partial charge in [-0.25, -0.2) is 0 Å². The molecule has 5 heteroatoms. The lowest BCUT2D eigenvalue weighted by Gasteiger charge is -2.29. The van der Waals surface area contributed by atoms with E-state index in [0.717, 1.165) is 12.0 Å². The van der Waals surface area contributed by atoms with E-state index < -0.39 is 5.54 Å². The third kappa shape index (κ3) is 3.10. The van der Waals surface area contributed by atoms with Gasteiger partial charge in [-0.2, -0.15) is 0 Å². The van der Waals surface area contributed by atoms with Crippen LogP contribution in [0.3, 0.4) is 0 Å². The Balaban J connectivity index is 2.87. The molecule has 1 rings (SSSR count). The van der Waals surface area contributed by atoms with E-state index in [-0.39, 0.29) is 19.1 Å². The second-order valence-electron chi connectivity index (χ2n) is 4.47. The fourth-order valence-corrected chi connectivity index (χ4v) is 2.74. The molecule has 0 aliphatic rings. The molecule has 1 aromatic heterocycles. The van der Waals surface area contributed by atoms with Crippen LogP contribution in [0.15, 0.2) is 6.07 Å². The van der Waals surface area contributed by atoms with Gasteiger partial charge in [-0.15, -0.1) is 11.3 Å². The monoisotopic (exact) mass is 271 g/mol. The van der Waals surface area contributed by atoms with Gasteiger partial charge in [0.1, 0.15) is 0 Å². The minimum absolute atomic E-state index is 0.229. The number of hydrogen-bond donors (Lipinski definition) is 3. The Hall–Kier alpha value is -0.910. The first-order valence-corrected chi connectivity index (χ1v) is 6.97. The van der Waals surface area contributed by atoms with Crippen molar-refractivity contribution in [3.05, 3.63) is 21.4 Å². The minimum Gasteiger partial charge on any atom is -0.394 e. The minimum atomic E-state index is -0.929. The lowest BCUT2D eigenvalue weighted by Crippen LogP contribution is -2.53. The molecule has 0 aliphatic heterocycles. The van der Waals surface area contributed by atoms with Crippen LogP contribution in [0.1, 0.15) is 40.4 Å². The fourth-order valence-electron chi connectivity index (χ4n) is 1.73. The highest BCUT2D eigenvalue weighted by molar-refractivity contribution is 7.14. The van der Waals surface area contributed by atoms with Crippen molar-refractivity contribution in [2.45, 2.75) is 39.2 Å². The summed E-state index contributed by atoms with van der Waals surface area (Å²) in [6.45, 7) is 5.33. The Morgan fingerprint density at radius 2 is 2.00 bits per heavy atom. The zero-order valence-corrected chi connectivity index (χ0v) is 11.9. The van der Waals surface area contributed by atoms with Crippen molar-refractivity contribution in [2.24, 2.45) is 0 Å². The van der Waals surface area contributed by atoms with E-state index in [4.69, 9.17) is 0 Å². The molecule has 0 fully saturated rings. The molecule has 0 radical (unpaired) electrons. The molecule has 0 aromatic carbocycles. The van der Waals surface area contributed by atoms with Crippen LogP contribution in [0.2, 0.25) is 0 Å². The second kappa shape index (κ2) is 6.31. The Labute approximate surface area is 112 Å². The van der Waals surface area contributed by atoms with Crippen LogP contribution in [0.25, 0.3) is 0 Å². The van der Waals surface area contributed by atoms with Gasteiger partial charge < -0.3 is 15.5 Å². The Kier molecular flexibility index (Phi) is 5.31. The predicted molar refractivity (Wildman–Crippen MR) is 73.1 cm³/mol. The van der Waals surface area contributed by atoms with E-state index in [9.17, 15) is 15.0 Å². The van der Waals surface area contributed by atoms with Gasteiger partial charge in [-0.1, -0.05) is 13.8 Å². The van der Waals surface area contributed by atoms with Crippen LogP contribution in [-0.4, -0.2) is 34.9 Å². The first-order chi connectivity index (χ1) is 8.51. The van der Waals surface area contributed by atoms with Crippen LogP contribution in [0, 0.1) is 6.92 Å². The highest BCUT2D eigenvalue weighted by Gasteiger charge is 2.29. The molecule has 0 aliphatic carbocycles. The summed E-state index contributed by atoms with van der Waals surface area (Å²) in [6.07, 6.45) is 1.39. The first-order valence-electron chi connectivity index (χ1n) is 6.15. The number of hydrogen-bond acceptors (Lipinski definition) is 4. The van der Waals surface area contributed by atoms with Crippen molar-refractivity contribution in [1.82, 2.24) is 5.32 Å². The first kappa shape index (κ1) is 15.1. The SMILES string of the molecule is CCc1sc(C(=O)NC(CC)(CO)CO)cc1C. The lowest BCUT2D eigenvalue weighted by molar-refractivity contribution is 0.0656. The van der Waals surface area contributed by atoms with Gasteiger partial charge >= 0.3 is 0 Å². The molecule has 0 bridgehead atoms. The van der Waals surface area contributed by atoms with Crippen molar-refractivity contribution in [2.75, 3.05) is 13.2 Å². The smallest absolute Gasteiger partial charge is 0.261 e. The molecule has 0 atom stereocenters. The van der Waals surface area contributed by atoms with Crippen molar-refractivity contribution in [3.8, 4) is 0 Å². The molecule has 0 saturated carbocycles. The fraction of sp³-hybridized carbons (Fsp3) is 0.615. The van der Waals surface area contributed by atoms with Gasteiger partial charge in [-0.05, 0) is 31.4 Å². The number of nitrogens with one attached hydrogen (secondary N) is 1. The second-order valence-corrected chi connectivity index (χ2v) is 5.61. The summed E-state index contributed by atoms with van der Waals surface area (Å²) < 4.78 is 0. The highest BCUT2D eigenvalue weighted by atomic mass is 32.1. The quantitative estimate of drug-likeness (QED) is 0.734. The molecule has 0 saturated heterocycles. The molecular formula is C13H21NO3S. The molecule has 1 heterocycles. The zero-order valence-electron chi connectivity index (χ0n) is 11.1. The van der Waals surface area contributed by atoms with Gasteiger partial charge in [0.05, 0.1) is 23.6 Å². The highest BCUT2D eigenvalue weighted by Crippen LogP contribution is 2.23. The van der Waals surface area contributed by atoms with E-state index in [1.54, 1.807) is 0 Å². The number of carbonyl (C=O) groups excluding carboxylic acids is 1. The summed E-state index contributed by atoms with van der Waals surface area (Å²) in [4.78, 5) is 13.9. The van der Waals surface area contributed by atoms with E-state index in [2.05, 4.69) is 12.2 Å². The maximum atomic E-state index is 12.1. The number of aliphatic hydroxyl groups excluding tert-OH is 2. The van der Waals surface area contributed by atoms with Gasteiger partial charge in [0.25, 0.3) is 5.91 Å². The average Bonchev–Trinajstić information content (AvgIpc) is 2.77. The average molecular weight is 271 g/mol. The number of amides is 1. The number of thiophene rings is 1. The number of rotatable bonds is 6. The predicted octanol–water partition coefficient (Wildman–Crippen LogP) is 1.48. The van der Waals surface area contributed by atoms with Gasteiger partial charge in [0, 0.05) is 4.88 Å². The standard InChI is InChI=1S/C13H21NO3S/c1-4-10-9(3)6-11(18-10)12(17)14-13(5-2,7-15)8-16/h6,15-16H,4-5,7-8H2,1-3H3,(H,14,17). The largest absolute Gasteiger partial charge is 0.394 e. The van der Waals surface area contributed by atoms with Gasteiger partial charge in [-0.3, -0.25) is 4.79 Å². The Bertz CT molecular complexity index is 402. The summed E-state index contributed by atoms with van der Waals surface area (Å²) in [7, 11) is 0. The summed E-state index contributed by atoms with van der Waals surface area (Å²) in [5, 5.41) is 21.3. The molecule has 4 nitrogen and oxygen atoms in total. The molecule has 0 unspecified atom stereocenters. The van der Waals surface area contributed by atoms with Crippen LogP contribution >= 0.6 is 11.3 Å². The normalized spacial score (nSPS) is 11.6. The van der Waals surface area contributed by atoms with E-state index in [1.807, 2.05) is 19.9 Å². The van der Waals surface area contributed by atoms with Crippen molar-refractivity contribution in [1.29, 1.82) is 0 Å². The maximum absolute atomic E-state index is 12.1. The molecular weight excluding hydrogens is 250 g/mol. The number of carbonyl (C=O) groups is 1. The molecule has 0 spiro atoms. The van der Waals surface area contributed by atoms with Gasteiger partial charge in [0.15, 0.2) is 0 Å². The van der Waals surface area contributed by atoms with Crippen molar-refractivity contribution < 1.29 is 15.0 Å². The lowest BCUT2D eigenvalue weighted by atomic mass is 9.98. The zero-order chi connectivity index (χ0) is 13.8. The maximum Gasteiger partial charge on any atom is 0.261 e. The number of aliphatic hydroxyl groups is 2. The topological polar surface area (TPSA) is 69.6 Å². The van der Waals surface area contributed by atoms with E-state index in [1.165, 1.54) is 16.2 Å². The summed E-state index contributed by atoms with van der Waals surface area (Å²) in [6, 6.07) is 1.86. The van der Waals surface area contributed by atoms with Gasteiger partial charge in [0.2, 0.25) is 0 Å². The van der Waals surface area contributed by atoms with Crippen LogP contribution in [0.5, 0.6) is 0 Å². The molecule has 102 valence electrons. The van der Waals surface area contributed by atoms with Crippen LogP contribution < -0.4 is 5.32 Å². The van der Waals surface area contributed by atoms with Crippen molar-refractivity contribution >= 4 is 17.2 Å². The Morgan fingerprint density at radius 3 is 2.39 bits per heavy atom. The van der Waals surface area contributed by atoms with Crippen LogP contribution in [0.4, 0.5) is 0 Å². The van der Waals surface area contributed by atoms with E-state index >= 15 is 0 Å².